The molecule has 0 radical (unpaired) electrons. The number of nitrogens with two attached hydrogens (primary N) is 1. The summed E-state index contributed by atoms with van der Waals surface area (Å²) in [6.45, 7) is 2.06. The molecular weight excluding hydrogens is 194 g/mol. The summed E-state index contributed by atoms with van der Waals surface area (Å²) in [7, 11) is 0. The minimum absolute atomic E-state index is 0.312. The van der Waals surface area contributed by atoms with Gasteiger partial charge in [-0.2, -0.15) is 4.68 Å². The van der Waals surface area contributed by atoms with Gasteiger partial charge in [0, 0.05) is 5.39 Å². The molecule has 5 heteroatoms. The molecule has 1 heterocycles. The summed E-state index contributed by atoms with van der Waals surface area (Å²) in [4.78, 5) is 11.5. The summed E-state index contributed by atoms with van der Waals surface area (Å²) in [6.07, 6.45) is -0.509. The zero-order chi connectivity index (χ0) is 10.8. The molecule has 0 aliphatic heterocycles. The van der Waals surface area contributed by atoms with Crippen LogP contribution in [0.2, 0.25) is 0 Å². The molecule has 78 valence electrons. The zero-order valence-electron chi connectivity index (χ0n) is 8.30. The summed E-state index contributed by atoms with van der Waals surface area (Å²) in [5.41, 5.74) is 6.33. The maximum absolute atomic E-state index is 11.5. The Morgan fingerprint density at radius 1 is 1.53 bits per heavy atom. The summed E-state index contributed by atoms with van der Waals surface area (Å²) >= 11 is 0. The van der Waals surface area contributed by atoms with Gasteiger partial charge >= 0.3 is 6.09 Å². The fraction of sp³-hybridized carbons (Fsp3) is 0.200. The van der Waals surface area contributed by atoms with Crippen molar-refractivity contribution in [1.82, 2.24) is 9.78 Å². The van der Waals surface area contributed by atoms with E-state index in [1.165, 1.54) is 4.68 Å². The van der Waals surface area contributed by atoms with E-state index in [0.29, 0.717) is 17.9 Å². The number of ether oxygens (including phenoxy) is 1. The second kappa shape index (κ2) is 3.61. The number of benzene rings is 1. The minimum atomic E-state index is -0.509. The van der Waals surface area contributed by atoms with E-state index in [0.717, 1.165) is 5.39 Å². The molecule has 0 unspecified atom stereocenters. The van der Waals surface area contributed by atoms with E-state index in [1.807, 2.05) is 18.2 Å². The second-order valence-electron chi connectivity index (χ2n) is 3.01. The SMILES string of the molecule is CCOC(=O)n1nc(N)c2ccccc21. The number of carbonyl (C=O) groups excluding carboxylic acids is 1. The maximum Gasteiger partial charge on any atom is 0.435 e. The first kappa shape index (κ1) is 9.51. The first-order valence-electron chi connectivity index (χ1n) is 4.64. The van der Waals surface area contributed by atoms with Gasteiger partial charge in [0.1, 0.15) is 0 Å². The van der Waals surface area contributed by atoms with Crippen LogP contribution in [0.1, 0.15) is 6.92 Å². The highest BCUT2D eigenvalue weighted by Crippen LogP contribution is 2.19. The van der Waals surface area contributed by atoms with Gasteiger partial charge in [-0.15, -0.1) is 5.10 Å². The lowest BCUT2D eigenvalue weighted by Crippen LogP contribution is -2.14. The topological polar surface area (TPSA) is 70.1 Å². The fourth-order valence-corrected chi connectivity index (χ4v) is 1.41. The van der Waals surface area contributed by atoms with Crippen molar-refractivity contribution in [2.24, 2.45) is 0 Å². The van der Waals surface area contributed by atoms with Gasteiger partial charge < -0.3 is 10.5 Å². The number of carbonyl (C=O) groups is 1. The molecule has 0 saturated carbocycles. The largest absolute Gasteiger partial charge is 0.448 e. The predicted octanol–water partition coefficient (Wildman–Crippen LogP) is 1.62. The number of nitrogens with zero attached hydrogens (tertiary/aromatic N) is 2. The van der Waals surface area contributed by atoms with E-state index in [9.17, 15) is 4.79 Å². The quantitative estimate of drug-likeness (QED) is 0.768. The summed E-state index contributed by atoms with van der Waals surface area (Å²) in [5.74, 6) is 0.332. The Morgan fingerprint density at radius 3 is 3.00 bits per heavy atom. The molecule has 0 aliphatic rings. The van der Waals surface area contributed by atoms with Crippen LogP contribution in [-0.2, 0) is 4.74 Å². The number of anilines is 1. The first-order valence-corrected chi connectivity index (χ1v) is 4.64. The van der Waals surface area contributed by atoms with Crippen LogP contribution < -0.4 is 5.73 Å². The second-order valence-corrected chi connectivity index (χ2v) is 3.01. The van der Waals surface area contributed by atoms with Crippen molar-refractivity contribution in [2.45, 2.75) is 6.92 Å². The maximum atomic E-state index is 11.5. The standard InChI is InChI=1S/C10H11N3O2/c1-2-15-10(14)13-8-6-4-3-5-7(8)9(11)12-13/h3-6H,2H2,1H3,(H2,11,12). The van der Waals surface area contributed by atoms with Crippen molar-refractivity contribution in [2.75, 3.05) is 12.3 Å². The molecule has 1 aromatic carbocycles. The first-order chi connectivity index (χ1) is 7.24. The van der Waals surface area contributed by atoms with Crippen molar-refractivity contribution in [1.29, 1.82) is 0 Å². The third kappa shape index (κ3) is 1.52. The summed E-state index contributed by atoms with van der Waals surface area (Å²) in [5, 5.41) is 4.68. The third-order valence-electron chi connectivity index (χ3n) is 2.06. The smallest absolute Gasteiger partial charge is 0.435 e. The van der Waals surface area contributed by atoms with Crippen LogP contribution in [0.4, 0.5) is 10.6 Å². The predicted molar refractivity (Wildman–Crippen MR) is 56.6 cm³/mol. The summed E-state index contributed by atoms with van der Waals surface area (Å²) in [6, 6.07) is 7.25. The fourth-order valence-electron chi connectivity index (χ4n) is 1.41. The van der Waals surface area contributed by atoms with Gasteiger partial charge in [0.25, 0.3) is 0 Å². The minimum Gasteiger partial charge on any atom is -0.448 e. The van der Waals surface area contributed by atoms with Gasteiger partial charge in [0.05, 0.1) is 12.1 Å². The van der Waals surface area contributed by atoms with Crippen LogP contribution >= 0.6 is 0 Å². The Balaban J connectivity index is 2.57. The lowest BCUT2D eigenvalue weighted by atomic mass is 10.2. The van der Waals surface area contributed by atoms with E-state index in [1.54, 1.807) is 13.0 Å². The molecule has 0 aliphatic carbocycles. The molecule has 1 aromatic heterocycles. The Morgan fingerprint density at radius 2 is 2.27 bits per heavy atom. The molecule has 0 atom stereocenters. The van der Waals surface area contributed by atoms with Crippen molar-refractivity contribution < 1.29 is 9.53 Å². The number of nitrogen functional groups attached to an aromatic ring is 1. The van der Waals surface area contributed by atoms with Crippen LogP contribution in [0.15, 0.2) is 24.3 Å². The Hall–Kier alpha value is -2.04. The number of fused-ring (bicyclic) bond motifs is 1. The highest BCUT2D eigenvalue weighted by molar-refractivity contribution is 5.94. The highest BCUT2D eigenvalue weighted by atomic mass is 16.5. The van der Waals surface area contributed by atoms with Crippen LogP contribution in [-0.4, -0.2) is 22.5 Å². The van der Waals surface area contributed by atoms with Gasteiger partial charge in [-0.1, -0.05) is 12.1 Å². The molecule has 0 bridgehead atoms. The van der Waals surface area contributed by atoms with Crippen molar-refractivity contribution >= 4 is 22.8 Å². The Bertz CT molecular complexity index is 504. The number of hydrogen-bond donors (Lipinski definition) is 1. The van der Waals surface area contributed by atoms with E-state index in [4.69, 9.17) is 10.5 Å². The zero-order valence-corrected chi connectivity index (χ0v) is 8.30. The molecular formula is C10H11N3O2. The van der Waals surface area contributed by atoms with Crippen molar-refractivity contribution in [3.63, 3.8) is 0 Å². The van der Waals surface area contributed by atoms with Crippen LogP contribution in [0.3, 0.4) is 0 Å². The molecule has 2 aromatic rings. The lowest BCUT2D eigenvalue weighted by Gasteiger charge is -2.01. The van der Waals surface area contributed by atoms with Crippen LogP contribution in [0.5, 0.6) is 0 Å². The van der Waals surface area contributed by atoms with Gasteiger partial charge in [-0.25, -0.2) is 4.79 Å². The van der Waals surface area contributed by atoms with Crippen LogP contribution in [0, 0.1) is 0 Å². The molecule has 2 rings (SSSR count). The van der Waals surface area contributed by atoms with Gasteiger partial charge in [-0.3, -0.25) is 0 Å². The number of hydrogen-bond acceptors (Lipinski definition) is 4. The summed E-state index contributed by atoms with van der Waals surface area (Å²) < 4.78 is 6.03. The molecule has 15 heavy (non-hydrogen) atoms. The average molecular weight is 205 g/mol. The molecule has 0 spiro atoms. The van der Waals surface area contributed by atoms with Crippen molar-refractivity contribution in [3.8, 4) is 0 Å². The number of rotatable bonds is 1. The Labute approximate surface area is 86.4 Å². The van der Waals surface area contributed by atoms with E-state index in [2.05, 4.69) is 5.10 Å². The van der Waals surface area contributed by atoms with E-state index < -0.39 is 6.09 Å². The molecule has 0 saturated heterocycles. The molecule has 2 N–H and O–H groups in total. The van der Waals surface area contributed by atoms with Gasteiger partial charge in [-0.05, 0) is 19.1 Å². The number of aromatic nitrogens is 2. The van der Waals surface area contributed by atoms with Gasteiger partial charge in [0.15, 0.2) is 5.82 Å². The lowest BCUT2D eigenvalue weighted by molar-refractivity contribution is 0.151. The number of para-hydroxylation sites is 1. The van der Waals surface area contributed by atoms with Crippen LogP contribution in [0.25, 0.3) is 10.9 Å². The average Bonchev–Trinajstić information content (AvgIpc) is 2.58. The molecule has 5 nitrogen and oxygen atoms in total. The monoisotopic (exact) mass is 205 g/mol. The third-order valence-corrected chi connectivity index (χ3v) is 2.06. The molecule has 0 fully saturated rings. The van der Waals surface area contributed by atoms with E-state index in [-0.39, 0.29) is 0 Å². The Kier molecular flexibility index (Phi) is 2.29. The normalized spacial score (nSPS) is 10.5. The molecule has 0 amide bonds. The van der Waals surface area contributed by atoms with Crippen molar-refractivity contribution in [3.05, 3.63) is 24.3 Å². The highest BCUT2D eigenvalue weighted by Gasteiger charge is 2.13. The van der Waals surface area contributed by atoms with Gasteiger partial charge in [0.2, 0.25) is 0 Å². The van der Waals surface area contributed by atoms with E-state index >= 15 is 0 Å².